The van der Waals surface area contributed by atoms with E-state index in [0.29, 0.717) is 24.1 Å². The van der Waals surface area contributed by atoms with Crippen molar-refractivity contribution < 1.29 is 9.47 Å². The largest absolute Gasteiger partial charge is 0.374 e. The lowest BCUT2D eigenvalue weighted by Gasteiger charge is -2.15. The van der Waals surface area contributed by atoms with Gasteiger partial charge >= 0.3 is 0 Å². The van der Waals surface area contributed by atoms with Crippen LogP contribution in [-0.4, -0.2) is 29.3 Å². The summed E-state index contributed by atoms with van der Waals surface area (Å²) in [7, 11) is 0. The number of epoxide rings is 1. The van der Waals surface area contributed by atoms with E-state index in [4.69, 9.17) is 26.1 Å². The molecule has 4 rings (SSSR count). The third-order valence-corrected chi connectivity index (χ3v) is 4.56. The molecule has 0 amide bonds. The molecule has 0 spiro atoms. The van der Waals surface area contributed by atoms with Crippen LogP contribution in [0.4, 0.5) is 11.5 Å². The number of anilines is 2. The highest BCUT2D eigenvalue weighted by Crippen LogP contribution is 2.26. The first-order valence-corrected chi connectivity index (χ1v) is 9.22. The van der Waals surface area contributed by atoms with Crippen LogP contribution in [0, 0.1) is 6.92 Å². The molecule has 6 heteroatoms. The lowest BCUT2D eigenvalue weighted by Crippen LogP contribution is -2.09. The van der Waals surface area contributed by atoms with Crippen LogP contribution < -0.4 is 5.32 Å². The number of nitrogens with zero attached hydrogens (tertiary/aromatic N) is 2. The summed E-state index contributed by atoms with van der Waals surface area (Å²) in [5.41, 5.74) is 3.70. The van der Waals surface area contributed by atoms with E-state index in [-0.39, 0.29) is 6.10 Å². The van der Waals surface area contributed by atoms with Gasteiger partial charge in [0.05, 0.1) is 19.8 Å². The number of benzene rings is 2. The van der Waals surface area contributed by atoms with Crippen LogP contribution in [0.25, 0.3) is 11.4 Å². The number of rotatable bonds is 7. The van der Waals surface area contributed by atoms with Crippen molar-refractivity contribution >= 4 is 23.1 Å². The normalized spacial score (nSPS) is 15.6. The Morgan fingerprint density at radius 1 is 1.11 bits per heavy atom. The van der Waals surface area contributed by atoms with Gasteiger partial charge in [-0.05, 0) is 31.2 Å². The second-order valence-electron chi connectivity index (χ2n) is 6.43. The lowest BCUT2D eigenvalue weighted by molar-refractivity contribution is 0.104. The zero-order chi connectivity index (χ0) is 18.6. The Morgan fingerprint density at radius 2 is 1.85 bits per heavy atom. The van der Waals surface area contributed by atoms with Gasteiger partial charge in [-0.1, -0.05) is 41.9 Å². The van der Waals surface area contributed by atoms with E-state index in [2.05, 4.69) is 10.3 Å². The predicted molar refractivity (Wildman–Crippen MR) is 106 cm³/mol. The summed E-state index contributed by atoms with van der Waals surface area (Å²) in [6.45, 7) is 3.77. The van der Waals surface area contributed by atoms with Gasteiger partial charge in [-0.3, -0.25) is 0 Å². The number of hydrogen-bond acceptors (Lipinski definition) is 5. The summed E-state index contributed by atoms with van der Waals surface area (Å²) in [5.74, 6) is 1.42. The average Bonchev–Trinajstić information content (AvgIpc) is 3.50. The van der Waals surface area contributed by atoms with Crippen molar-refractivity contribution in [2.24, 2.45) is 0 Å². The van der Waals surface area contributed by atoms with Gasteiger partial charge in [0.1, 0.15) is 11.9 Å². The third-order valence-electron chi connectivity index (χ3n) is 4.31. The highest BCUT2D eigenvalue weighted by molar-refractivity contribution is 6.30. The van der Waals surface area contributed by atoms with Crippen LogP contribution in [0.2, 0.25) is 5.02 Å². The van der Waals surface area contributed by atoms with E-state index < -0.39 is 0 Å². The molecule has 2 heterocycles. The molecule has 1 N–H and O–H groups in total. The second kappa shape index (κ2) is 8.05. The second-order valence-corrected chi connectivity index (χ2v) is 6.86. The van der Waals surface area contributed by atoms with E-state index in [1.165, 1.54) is 0 Å². The van der Waals surface area contributed by atoms with Crippen LogP contribution in [0.1, 0.15) is 11.3 Å². The maximum absolute atomic E-state index is 6.00. The van der Waals surface area contributed by atoms with Crippen molar-refractivity contribution in [3.63, 3.8) is 0 Å². The highest BCUT2D eigenvalue weighted by Gasteiger charge is 2.23. The molecule has 1 fully saturated rings. The lowest BCUT2D eigenvalue weighted by atomic mass is 10.1. The van der Waals surface area contributed by atoms with Crippen LogP contribution in [0.5, 0.6) is 0 Å². The van der Waals surface area contributed by atoms with Crippen LogP contribution >= 0.6 is 11.6 Å². The van der Waals surface area contributed by atoms with Crippen molar-refractivity contribution in [1.82, 2.24) is 9.97 Å². The number of halogens is 1. The predicted octanol–water partition coefficient (Wildman–Crippen LogP) is 4.76. The van der Waals surface area contributed by atoms with Gasteiger partial charge in [-0.15, -0.1) is 0 Å². The van der Waals surface area contributed by atoms with Gasteiger partial charge in [0.2, 0.25) is 0 Å². The highest BCUT2D eigenvalue weighted by atomic mass is 35.5. The fourth-order valence-corrected chi connectivity index (χ4v) is 2.84. The van der Waals surface area contributed by atoms with Crippen LogP contribution in [0.15, 0.2) is 54.6 Å². The molecule has 1 atom stereocenters. The van der Waals surface area contributed by atoms with Crippen molar-refractivity contribution in [3.05, 3.63) is 70.9 Å². The topological polar surface area (TPSA) is 59.6 Å². The van der Waals surface area contributed by atoms with E-state index in [0.717, 1.165) is 34.9 Å². The fraction of sp³-hybridized carbons (Fsp3) is 0.238. The third kappa shape index (κ3) is 4.63. The molecule has 1 saturated heterocycles. The zero-order valence-corrected chi connectivity index (χ0v) is 15.7. The summed E-state index contributed by atoms with van der Waals surface area (Å²) >= 11 is 6.00. The summed E-state index contributed by atoms with van der Waals surface area (Å²) < 4.78 is 11.0. The van der Waals surface area contributed by atoms with Crippen LogP contribution in [0.3, 0.4) is 0 Å². The molecule has 0 aliphatic carbocycles. The number of hydrogen-bond donors (Lipinski definition) is 1. The summed E-state index contributed by atoms with van der Waals surface area (Å²) in [6.07, 6.45) is 0.225. The summed E-state index contributed by atoms with van der Waals surface area (Å²) in [4.78, 5) is 9.46. The van der Waals surface area contributed by atoms with Gasteiger partial charge in [0.15, 0.2) is 5.82 Å². The van der Waals surface area contributed by atoms with E-state index in [1.807, 2.05) is 61.5 Å². The quantitative estimate of drug-likeness (QED) is 0.597. The molecule has 0 bridgehead atoms. The van der Waals surface area contributed by atoms with Crippen molar-refractivity contribution in [2.45, 2.75) is 19.6 Å². The standard InChI is InChI=1S/C21H20ClN3O2/c1-14-19(13-26-11-18-12-27-18)21(24-17-9-7-16(22)8-10-17)25-20(23-14)15-5-3-2-4-6-15/h2-10,18H,11-13H2,1H3,(H,23,24,25). The molecular formula is C21H20ClN3O2. The first-order valence-electron chi connectivity index (χ1n) is 8.84. The van der Waals surface area contributed by atoms with Crippen LogP contribution in [-0.2, 0) is 16.1 Å². The monoisotopic (exact) mass is 381 g/mol. The Bertz CT molecular complexity index is 913. The van der Waals surface area contributed by atoms with Gasteiger partial charge in [0.25, 0.3) is 0 Å². The van der Waals surface area contributed by atoms with Crippen molar-refractivity contribution in [1.29, 1.82) is 0 Å². The Balaban J connectivity index is 1.66. The maximum Gasteiger partial charge on any atom is 0.161 e. The van der Waals surface area contributed by atoms with E-state index >= 15 is 0 Å². The van der Waals surface area contributed by atoms with Gasteiger partial charge in [-0.2, -0.15) is 0 Å². The SMILES string of the molecule is Cc1nc(-c2ccccc2)nc(Nc2ccc(Cl)cc2)c1COCC1CO1. The smallest absolute Gasteiger partial charge is 0.161 e. The molecular weight excluding hydrogens is 362 g/mol. The molecule has 1 aliphatic heterocycles. The minimum atomic E-state index is 0.225. The average molecular weight is 382 g/mol. The Hall–Kier alpha value is -2.47. The first kappa shape index (κ1) is 17.9. The molecule has 0 saturated carbocycles. The maximum atomic E-state index is 6.00. The molecule has 1 unspecified atom stereocenters. The fourth-order valence-electron chi connectivity index (χ4n) is 2.72. The summed E-state index contributed by atoms with van der Waals surface area (Å²) in [5, 5.41) is 4.08. The van der Waals surface area contributed by atoms with E-state index in [1.54, 1.807) is 0 Å². The van der Waals surface area contributed by atoms with Crippen molar-refractivity contribution in [3.8, 4) is 11.4 Å². The zero-order valence-electron chi connectivity index (χ0n) is 15.0. The summed E-state index contributed by atoms with van der Waals surface area (Å²) in [6, 6.07) is 17.5. The van der Waals surface area contributed by atoms with Gasteiger partial charge in [0, 0.05) is 27.5 Å². The molecule has 27 heavy (non-hydrogen) atoms. The Labute approximate surface area is 163 Å². The molecule has 1 aromatic heterocycles. The molecule has 2 aromatic carbocycles. The molecule has 138 valence electrons. The number of aromatic nitrogens is 2. The van der Waals surface area contributed by atoms with E-state index in [9.17, 15) is 0 Å². The molecule has 3 aromatic rings. The number of nitrogens with one attached hydrogen (secondary N) is 1. The minimum absolute atomic E-state index is 0.225. The molecule has 1 aliphatic rings. The van der Waals surface area contributed by atoms with Gasteiger partial charge in [-0.25, -0.2) is 9.97 Å². The Kier molecular flexibility index (Phi) is 5.34. The number of ether oxygens (including phenoxy) is 2. The van der Waals surface area contributed by atoms with Gasteiger partial charge < -0.3 is 14.8 Å². The minimum Gasteiger partial charge on any atom is -0.374 e. The van der Waals surface area contributed by atoms with Crippen molar-refractivity contribution in [2.75, 3.05) is 18.5 Å². The molecule has 0 radical (unpaired) electrons. The number of aryl methyl sites for hydroxylation is 1. The molecule has 5 nitrogen and oxygen atoms in total. The first-order chi connectivity index (χ1) is 13.2. The Morgan fingerprint density at radius 3 is 2.56 bits per heavy atom.